The molecule has 2 amide bonds. The third-order valence-corrected chi connectivity index (χ3v) is 3.99. The van der Waals surface area contributed by atoms with Gasteiger partial charge in [-0.1, -0.05) is 23.2 Å². The van der Waals surface area contributed by atoms with Crippen molar-refractivity contribution in [2.75, 3.05) is 26.3 Å². The molecule has 136 valence electrons. The Kier molecular flexibility index (Phi) is 7.33. The van der Waals surface area contributed by atoms with Gasteiger partial charge in [0.15, 0.2) is 6.61 Å². The van der Waals surface area contributed by atoms with Gasteiger partial charge in [-0.15, -0.1) is 0 Å². The van der Waals surface area contributed by atoms with Crippen LogP contribution >= 0.6 is 23.2 Å². The molecule has 9 heteroatoms. The molecule has 1 saturated heterocycles. The number of nitrogens with zero attached hydrogens (tertiary/aromatic N) is 2. The minimum atomic E-state index is -0.397. The largest absolute Gasteiger partial charge is 0.482 e. The number of ether oxygens (including phenoxy) is 2. The Labute approximate surface area is 155 Å². The van der Waals surface area contributed by atoms with Crippen LogP contribution < -0.4 is 10.2 Å². The van der Waals surface area contributed by atoms with Crippen LogP contribution in [0.1, 0.15) is 19.8 Å². The molecule has 0 radical (unpaired) electrons. The number of piperidine rings is 1. The van der Waals surface area contributed by atoms with Crippen molar-refractivity contribution in [1.29, 1.82) is 0 Å². The van der Waals surface area contributed by atoms with Crippen LogP contribution in [0.2, 0.25) is 10.0 Å². The number of hydrogen-bond donors (Lipinski definition) is 1. The summed E-state index contributed by atoms with van der Waals surface area (Å²) < 4.78 is 10.3. The third kappa shape index (κ3) is 6.10. The molecule has 0 bridgehead atoms. The van der Waals surface area contributed by atoms with Gasteiger partial charge < -0.3 is 14.4 Å². The smallest absolute Gasteiger partial charge is 0.409 e. The van der Waals surface area contributed by atoms with Crippen molar-refractivity contribution in [3.63, 3.8) is 0 Å². The van der Waals surface area contributed by atoms with E-state index in [4.69, 9.17) is 32.7 Å². The van der Waals surface area contributed by atoms with E-state index in [9.17, 15) is 9.59 Å². The maximum Gasteiger partial charge on any atom is 0.409 e. The lowest BCUT2D eigenvalue weighted by Gasteiger charge is -2.26. The first-order chi connectivity index (χ1) is 12.0. The van der Waals surface area contributed by atoms with E-state index in [0.717, 1.165) is 5.71 Å². The lowest BCUT2D eigenvalue weighted by atomic mass is 10.1. The highest BCUT2D eigenvalue weighted by Crippen LogP contribution is 2.27. The fourth-order valence-corrected chi connectivity index (χ4v) is 2.65. The number of nitrogens with one attached hydrogen (secondary N) is 1. The number of rotatable bonds is 5. The fourth-order valence-electron chi connectivity index (χ4n) is 2.18. The number of hydrogen-bond acceptors (Lipinski definition) is 5. The Morgan fingerprint density at radius 1 is 1.28 bits per heavy atom. The molecule has 1 aliphatic heterocycles. The summed E-state index contributed by atoms with van der Waals surface area (Å²) in [6.45, 7) is 2.94. The lowest BCUT2D eigenvalue weighted by molar-refractivity contribution is -0.123. The number of likely N-dealkylation sites (tertiary alicyclic amines) is 1. The average Bonchev–Trinajstić information content (AvgIpc) is 2.60. The highest BCUT2D eigenvalue weighted by Gasteiger charge is 2.20. The normalized spacial score (nSPS) is 14.0. The Morgan fingerprint density at radius 2 is 2.00 bits per heavy atom. The van der Waals surface area contributed by atoms with Crippen LogP contribution in [0.4, 0.5) is 4.79 Å². The van der Waals surface area contributed by atoms with Gasteiger partial charge in [-0.25, -0.2) is 10.2 Å². The van der Waals surface area contributed by atoms with Crippen LogP contribution in [0, 0.1) is 0 Å². The number of carbonyl (C=O) groups is 2. The molecular weight excluding hydrogens is 369 g/mol. The average molecular weight is 388 g/mol. The molecule has 0 aromatic heterocycles. The summed E-state index contributed by atoms with van der Waals surface area (Å²) in [4.78, 5) is 25.0. The monoisotopic (exact) mass is 387 g/mol. The summed E-state index contributed by atoms with van der Waals surface area (Å²) in [5.74, 6) is -0.0250. The molecule has 0 atom stereocenters. The van der Waals surface area contributed by atoms with Crippen molar-refractivity contribution in [1.82, 2.24) is 10.3 Å². The highest BCUT2D eigenvalue weighted by molar-refractivity contribution is 6.35. The number of halogens is 2. The Hall–Kier alpha value is -1.99. The van der Waals surface area contributed by atoms with Gasteiger partial charge in [0.2, 0.25) is 0 Å². The van der Waals surface area contributed by atoms with Gasteiger partial charge in [-0.05, 0) is 25.1 Å². The summed E-state index contributed by atoms with van der Waals surface area (Å²) in [5, 5.41) is 4.90. The van der Waals surface area contributed by atoms with E-state index >= 15 is 0 Å². The van der Waals surface area contributed by atoms with E-state index in [0.29, 0.717) is 48.3 Å². The Morgan fingerprint density at radius 3 is 2.64 bits per heavy atom. The molecule has 1 fully saturated rings. The van der Waals surface area contributed by atoms with E-state index in [2.05, 4.69) is 10.5 Å². The first-order valence-corrected chi connectivity index (χ1v) is 8.59. The summed E-state index contributed by atoms with van der Waals surface area (Å²) in [5.41, 5.74) is 3.26. The van der Waals surface area contributed by atoms with Crippen molar-refractivity contribution in [2.45, 2.75) is 19.8 Å². The summed E-state index contributed by atoms with van der Waals surface area (Å²) in [6, 6.07) is 4.75. The van der Waals surface area contributed by atoms with Crippen molar-refractivity contribution >= 4 is 40.9 Å². The molecule has 1 aromatic rings. The molecule has 0 spiro atoms. The van der Waals surface area contributed by atoms with E-state index < -0.39 is 5.91 Å². The van der Waals surface area contributed by atoms with Crippen molar-refractivity contribution < 1.29 is 19.1 Å². The second kappa shape index (κ2) is 9.48. The topological polar surface area (TPSA) is 80.2 Å². The van der Waals surface area contributed by atoms with E-state index in [1.165, 1.54) is 6.07 Å². The van der Waals surface area contributed by atoms with Crippen LogP contribution in [-0.2, 0) is 9.53 Å². The minimum absolute atomic E-state index is 0.215. The van der Waals surface area contributed by atoms with Gasteiger partial charge in [0.05, 0.1) is 11.6 Å². The molecule has 7 nitrogen and oxygen atoms in total. The summed E-state index contributed by atoms with van der Waals surface area (Å²) in [7, 11) is 0. The molecular formula is C16H19Cl2N3O4. The molecule has 1 aliphatic rings. The van der Waals surface area contributed by atoms with E-state index in [1.807, 2.05) is 0 Å². The van der Waals surface area contributed by atoms with Crippen molar-refractivity contribution in [3.8, 4) is 5.75 Å². The first-order valence-electron chi connectivity index (χ1n) is 7.83. The van der Waals surface area contributed by atoms with Crippen LogP contribution in [-0.4, -0.2) is 48.9 Å². The highest BCUT2D eigenvalue weighted by atomic mass is 35.5. The van der Waals surface area contributed by atoms with Gasteiger partial charge in [0, 0.05) is 36.7 Å². The molecule has 0 aliphatic carbocycles. The number of benzene rings is 1. The van der Waals surface area contributed by atoms with Crippen LogP contribution in [0.3, 0.4) is 0 Å². The second-order valence-electron chi connectivity index (χ2n) is 5.26. The van der Waals surface area contributed by atoms with Crippen LogP contribution in [0.5, 0.6) is 5.75 Å². The third-order valence-electron chi connectivity index (χ3n) is 3.46. The van der Waals surface area contributed by atoms with Gasteiger partial charge >= 0.3 is 6.09 Å². The zero-order chi connectivity index (χ0) is 18.2. The van der Waals surface area contributed by atoms with E-state index in [-0.39, 0.29) is 12.7 Å². The molecule has 0 saturated carbocycles. The first kappa shape index (κ1) is 19.3. The SMILES string of the molecule is CCOC(=O)N1CCC(=NNC(=O)COc2ccc(Cl)cc2Cl)CC1. The fraction of sp³-hybridized carbons (Fsp3) is 0.438. The molecule has 1 aromatic carbocycles. The van der Waals surface area contributed by atoms with Gasteiger partial charge in [0.25, 0.3) is 5.91 Å². The predicted octanol–water partition coefficient (Wildman–Crippen LogP) is 3.10. The Balaban J connectivity index is 1.74. The predicted molar refractivity (Wildman–Crippen MR) is 95.4 cm³/mol. The maximum atomic E-state index is 11.8. The number of carbonyl (C=O) groups excluding carboxylic acids is 2. The van der Waals surface area contributed by atoms with Crippen LogP contribution in [0.25, 0.3) is 0 Å². The van der Waals surface area contributed by atoms with Crippen molar-refractivity contribution in [2.24, 2.45) is 5.10 Å². The zero-order valence-corrected chi connectivity index (χ0v) is 15.3. The van der Waals surface area contributed by atoms with Crippen LogP contribution in [0.15, 0.2) is 23.3 Å². The molecule has 25 heavy (non-hydrogen) atoms. The molecule has 1 N–H and O–H groups in total. The zero-order valence-electron chi connectivity index (χ0n) is 13.8. The molecule has 1 heterocycles. The summed E-state index contributed by atoms with van der Waals surface area (Å²) in [6.07, 6.45) is 0.852. The summed E-state index contributed by atoms with van der Waals surface area (Å²) >= 11 is 11.8. The van der Waals surface area contributed by atoms with E-state index in [1.54, 1.807) is 24.0 Å². The lowest BCUT2D eigenvalue weighted by Crippen LogP contribution is -2.39. The Bertz CT molecular complexity index is 657. The quantitative estimate of drug-likeness (QED) is 0.787. The molecule has 2 rings (SSSR count). The van der Waals surface area contributed by atoms with Gasteiger partial charge in [0.1, 0.15) is 5.75 Å². The van der Waals surface area contributed by atoms with Crippen molar-refractivity contribution in [3.05, 3.63) is 28.2 Å². The maximum absolute atomic E-state index is 11.8. The second-order valence-corrected chi connectivity index (χ2v) is 6.11. The minimum Gasteiger partial charge on any atom is -0.482 e. The van der Waals surface area contributed by atoms with Gasteiger partial charge in [-0.2, -0.15) is 5.10 Å². The number of hydrazone groups is 1. The standard InChI is InChI=1S/C16H19Cl2N3O4/c1-2-24-16(23)21-7-5-12(6-8-21)19-20-15(22)10-25-14-4-3-11(17)9-13(14)18/h3-4,9H,2,5-8,10H2,1H3,(H,20,22). The molecule has 0 unspecified atom stereocenters. The number of amides is 2. The van der Waals surface area contributed by atoms with Gasteiger partial charge in [-0.3, -0.25) is 4.79 Å².